The molecule has 34 heavy (non-hydrogen) atoms. The number of anilines is 1. The van der Waals surface area contributed by atoms with Crippen LogP contribution in [0.5, 0.6) is 0 Å². The number of rotatable bonds is 5. The third-order valence-electron chi connectivity index (χ3n) is 6.67. The quantitative estimate of drug-likeness (QED) is 0.599. The molecule has 1 amide bonds. The van der Waals surface area contributed by atoms with Gasteiger partial charge in [0, 0.05) is 51.2 Å². The molecule has 0 bridgehead atoms. The molecular formula is C24H29N5O4S. The first kappa shape index (κ1) is 22.7. The third kappa shape index (κ3) is 4.47. The smallest absolute Gasteiger partial charge is 0.276 e. The summed E-state index contributed by atoms with van der Waals surface area (Å²) < 4.78 is 33.4. The van der Waals surface area contributed by atoms with Crippen LogP contribution < -0.4 is 4.90 Å². The molecule has 0 radical (unpaired) electrons. The number of nitrogens with zero attached hydrogens (tertiary/aromatic N) is 4. The normalized spacial score (nSPS) is 20.0. The maximum atomic E-state index is 13.3. The van der Waals surface area contributed by atoms with Gasteiger partial charge in [0.05, 0.1) is 5.92 Å². The van der Waals surface area contributed by atoms with Crippen molar-refractivity contribution in [2.45, 2.75) is 24.9 Å². The molecule has 2 saturated heterocycles. The molecular weight excluding hydrogens is 454 g/mol. The SMILES string of the molecule is Cc1ccc(N2CCN(C(=O)[C@@H]3CCCN(S(=O)(=O)c4ccc(-c5ccn[nH]5)o4)C3)CC2)cc1. The molecule has 0 unspecified atom stereocenters. The molecule has 2 aromatic heterocycles. The van der Waals surface area contributed by atoms with E-state index < -0.39 is 10.0 Å². The van der Waals surface area contributed by atoms with E-state index in [1.807, 2.05) is 4.90 Å². The van der Waals surface area contributed by atoms with Gasteiger partial charge < -0.3 is 14.2 Å². The largest absolute Gasteiger partial charge is 0.442 e. The number of furan rings is 1. The lowest BCUT2D eigenvalue weighted by atomic mass is 9.97. The average molecular weight is 484 g/mol. The Balaban J connectivity index is 1.22. The highest BCUT2D eigenvalue weighted by Crippen LogP contribution is 2.29. The molecule has 0 spiro atoms. The minimum atomic E-state index is -3.82. The lowest BCUT2D eigenvalue weighted by molar-refractivity contribution is -0.137. The number of piperidine rings is 1. The third-order valence-corrected chi connectivity index (χ3v) is 8.40. The minimum Gasteiger partial charge on any atom is -0.442 e. The molecule has 2 fully saturated rings. The molecule has 1 atom stereocenters. The van der Waals surface area contributed by atoms with Gasteiger partial charge in [-0.3, -0.25) is 9.89 Å². The molecule has 9 nitrogen and oxygen atoms in total. The Morgan fingerprint density at radius 1 is 1.03 bits per heavy atom. The van der Waals surface area contributed by atoms with Crippen LogP contribution in [-0.2, 0) is 14.8 Å². The second-order valence-electron chi connectivity index (χ2n) is 8.94. The molecule has 1 aromatic carbocycles. The van der Waals surface area contributed by atoms with Crippen LogP contribution in [0.25, 0.3) is 11.5 Å². The number of benzene rings is 1. The van der Waals surface area contributed by atoms with Gasteiger partial charge in [-0.15, -0.1) is 0 Å². The van der Waals surface area contributed by atoms with Crippen molar-refractivity contribution in [2.75, 3.05) is 44.2 Å². The zero-order valence-electron chi connectivity index (χ0n) is 19.2. The van der Waals surface area contributed by atoms with E-state index in [0.717, 1.165) is 13.1 Å². The first-order chi connectivity index (χ1) is 16.4. The zero-order valence-corrected chi connectivity index (χ0v) is 20.0. The van der Waals surface area contributed by atoms with Crippen molar-refractivity contribution >= 4 is 21.6 Å². The number of aromatic nitrogens is 2. The number of hydrogen-bond acceptors (Lipinski definition) is 6. The predicted molar refractivity (Wildman–Crippen MR) is 128 cm³/mol. The maximum absolute atomic E-state index is 13.3. The Morgan fingerprint density at radius 3 is 2.50 bits per heavy atom. The summed E-state index contributed by atoms with van der Waals surface area (Å²) in [6, 6.07) is 13.2. The number of sulfonamides is 1. The first-order valence-electron chi connectivity index (χ1n) is 11.6. The fraction of sp³-hybridized carbons (Fsp3) is 0.417. The van der Waals surface area contributed by atoms with E-state index in [9.17, 15) is 13.2 Å². The van der Waals surface area contributed by atoms with Crippen LogP contribution in [-0.4, -0.2) is 73.0 Å². The predicted octanol–water partition coefficient (Wildman–Crippen LogP) is 2.73. The van der Waals surface area contributed by atoms with E-state index >= 15 is 0 Å². The van der Waals surface area contributed by atoms with E-state index in [4.69, 9.17) is 4.42 Å². The van der Waals surface area contributed by atoms with Gasteiger partial charge in [-0.25, -0.2) is 8.42 Å². The van der Waals surface area contributed by atoms with Crippen molar-refractivity contribution in [3.8, 4) is 11.5 Å². The summed E-state index contributed by atoms with van der Waals surface area (Å²) in [5.74, 6) is 0.115. The molecule has 10 heteroatoms. The number of H-pyrrole nitrogens is 1. The molecule has 1 N–H and O–H groups in total. The van der Waals surface area contributed by atoms with Crippen LogP contribution in [0.2, 0.25) is 0 Å². The van der Waals surface area contributed by atoms with Gasteiger partial charge in [0.1, 0.15) is 5.69 Å². The summed E-state index contributed by atoms with van der Waals surface area (Å²) in [6.45, 7) is 5.45. The number of carbonyl (C=O) groups excluding carboxylic acids is 1. The number of aromatic amines is 1. The van der Waals surface area contributed by atoms with Gasteiger partial charge in [0.25, 0.3) is 10.0 Å². The van der Waals surface area contributed by atoms with E-state index in [1.54, 1.807) is 18.3 Å². The Labute approximate surface area is 199 Å². The van der Waals surface area contributed by atoms with Crippen molar-refractivity contribution in [3.05, 3.63) is 54.2 Å². The monoisotopic (exact) mass is 483 g/mol. The van der Waals surface area contributed by atoms with E-state index in [0.29, 0.717) is 43.9 Å². The van der Waals surface area contributed by atoms with Crippen LogP contribution in [0, 0.1) is 12.8 Å². The number of amides is 1. The fourth-order valence-electron chi connectivity index (χ4n) is 4.69. The number of piperazine rings is 1. The molecule has 5 rings (SSSR count). The highest BCUT2D eigenvalue weighted by atomic mass is 32.2. The zero-order chi connectivity index (χ0) is 23.7. The van der Waals surface area contributed by atoms with Crippen molar-refractivity contribution in [3.63, 3.8) is 0 Å². The van der Waals surface area contributed by atoms with Crippen LogP contribution in [0.15, 0.2) is 58.2 Å². The van der Waals surface area contributed by atoms with E-state index in [1.165, 1.54) is 21.6 Å². The summed E-state index contributed by atoms with van der Waals surface area (Å²) in [7, 11) is -3.82. The Bertz CT molecular complexity index is 1230. The Hall–Kier alpha value is -3.11. The van der Waals surface area contributed by atoms with Crippen molar-refractivity contribution < 1.29 is 17.6 Å². The summed E-state index contributed by atoms with van der Waals surface area (Å²) >= 11 is 0. The Kier molecular flexibility index (Phi) is 6.18. The van der Waals surface area contributed by atoms with Crippen molar-refractivity contribution in [2.24, 2.45) is 5.92 Å². The molecule has 4 heterocycles. The van der Waals surface area contributed by atoms with Gasteiger partial charge in [0.15, 0.2) is 5.76 Å². The lowest BCUT2D eigenvalue weighted by Gasteiger charge is -2.39. The van der Waals surface area contributed by atoms with Gasteiger partial charge in [-0.2, -0.15) is 9.40 Å². The molecule has 180 valence electrons. The number of nitrogens with one attached hydrogen (secondary N) is 1. The van der Waals surface area contributed by atoms with Gasteiger partial charge in [-0.1, -0.05) is 17.7 Å². The molecule has 0 saturated carbocycles. The van der Waals surface area contributed by atoms with E-state index in [-0.39, 0.29) is 23.5 Å². The van der Waals surface area contributed by atoms with Gasteiger partial charge in [0.2, 0.25) is 11.0 Å². The fourth-order valence-corrected chi connectivity index (χ4v) is 6.12. The average Bonchev–Trinajstić information content (AvgIpc) is 3.57. The first-order valence-corrected chi connectivity index (χ1v) is 13.1. The van der Waals surface area contributed by atoms with Crippen LogP contribution in [0.4, 0.5) is 5.69 Å². The summed E-state index contributed by atoms with van der Waals surface area (Å²) in [6.07, 6.45) is 2.92. The minimum absolute atomic E-state index is 0.0426. The standard InChI is InChI=1S/C24H29N5O4S/c1-18-4-6-20(7-5-18)27-13-15-28(16-14-27)24(30)19-3-2-12-29(17-19)34(31,32)23-9-8-22(33-23)21-10-11-25-26-21/h4-11,19H,2-3,12-17H2,1H3,(H,25,26)/t19-/m1/s1. The highest BCUT2D eigenvalue weighted by molar-refractivity contribution is 7.89. The van der Waals surface area contributed by atoms with Crippen molar-refractivity contribution in [1.82, 2.24) is 19.4 Å². The number of hydrogen-bond donors (Lipinski definition) is 1. The van der Waals surface area contributed by atoms with Gasteiger partial charge >= 0.3 is 0 Å². The van der Waals surface area contributed by atoms with Crippen LogP contribution in [0.3, 0.4) is 0 Å². The topological polar surface area (TPSA) is 103 Å². The summed E-state index contributed by atoms with van der Waals surface area (Å²) in [5.41, 5.74) is 3.00. The van der Waals surface area contributed by atoms with Crippen molar-refractivity contribution in [1.29, 1.82) is 0 Å². The number of aryl methyl sites for hydroxylation is 1. The highest BCUT2D eigenvalue weighted by Gasteiger charge is 2.37. The van der Waals surface area contributed by atoms with Gasteiger partial charge in [-0.05, 0) is 50.1 Å². The summed E-state index contributed by atoms with van der Waals surface area (Å²) in [4.78, 5) is 17.4. The maximum Gasteiger partial charge on any atom is 0.276 e. The number of carbonyl (C=O) groups is 1. The molecule has 3 aromatic rings. The lowest BCUT2D eigenvalue weighted by Crippen LogP contribution is -2.53. The van der Waals surface area contributed by atoms with Crippen LogP contribution >= 0.6 is 0 Å². The van der Waals surface area contributed by atoms with E-state index in [2.05, 4.69) is 46.3 Å². The van der Waals surface area contributed by atoms with Crippen LogP contribution in [0.1, 0.15) is 18.4 Å². The summed E-state index contributed by atoms with van der Waals surface area (Å²) in [5, 5.41) is 6.52. The molecule has 2 aliphatic heterocycles. The molecule has 0 aliphatic carbocycles. The molecule has 2 aliphatic rings. The second-order valence-corrected chi connectivity index (χ2v) is 10.8. The Morgan fingerprint density at radius 2 is 1.79 bits per heavy atom. The second kappa shape index (κ2) is 9.27.